The average Bonchev–Trinajstić information content (AvgIpc) is 2.84. The molecule has 1 aliphatic rings. The number of amides is 1. The van der Waals surface area contributed by atoms with Crippen molar-refractivity contribution in [1.29, 1.82) is 0 Å². The Morgan fingerprint density at radius 2 is 1.95 bits per heavy atom. The van der Waals surface area contributed by atoms with E-state index in [4.69, 9.17) is 4.52 Å². The largest absolute Gasteiger partial charge is 0.361 e. The Bertz CT molecular complexity index is 808. The van der Waals surface area contributed by atoms with Crippen LogP contribution in [0.4, 0.5) is 4.39 Å². The fourth-order valence-electron chi connectivity index (χ4n) is 2.25. The monoisotopic (exact) mass is 324 g/mol. The van der Waals surface area contributed by atoms with Gasteiger partial charge in [-0.25, -0.2) is 12.8 Å². The van der Waals surface area contributed by atoms with Crippen molar-refractivity contribution in [2.45, 2.75) is 17.1 Å². The number of likely N-dealkylation sites (tertiary alicyclic amines) is 1. The molecule has 8 heteroatoms. The first kappa shape index (κ1) is 14.7. The lowest BCUT2D eigenvalue weighted by molar-refractivity contribution is 0.0648. The minimum Gasteiger partial charge on any atom is -0.361 e. The van der Waals surface area contributed by atoms with Crippen LogP contribution in [0.15, 0.2) is 39.8 Å². The van der Waals surface area contributed by atoms with Gasteiger partial charge in [0.2, 0.25) is 0 Å². The predicted molar refractivity (Wildman–Crippen MR) is 74.5 cm³/mol. The van der Waals surface area contributed by atoms with Crippen LogP contribution < -0.4 is 0 Å². The van der Waals surface area contributed by atoms with E-state index in [1.54, 1.807) is 6.92 Å². The number of nitrogens with zero attached hydrogens (tertiary/aromatic N) is 2. The van der Waals surface area contributed by atoms with Gasteiger partial charge in [0.1, 0.15) is 16.8 Å². The highest BCUT2D eigenvalue weighted by Gasteiger charge is 2.41. The third-order valence-corrected chi connectivity index (χ3v) is 5.67. The van der Waals surface area contributed by atoms with E-state index >= 15 is 0 Å². The molecule has 0 N–H and O–H groups in total. The van der Waals surface area contributed by atoms with Crippen molar-refractivity contribution >= 4 is 15.7 Å². The Kier molecular flexibility index (Phi) is 3.48. The molecule has 3 rings (SSSR count). The molecular weight excluding hydrogens is 311 g/mol. The molecule has 0 spiro atoms. The number of aromatic nitrogens is 1. The lowest BCUT2D eigenvalue weighted by Gasteiger charge is -2.38. The summed E-state index contributed by atoms with van der Waals surface area (Å²) in [6.45, 7) is 1.84. The SMILES string of the molecule is Cc1cc(C(=O)N2CC(S(=O)(=O)c3ccc(F)cc3)C2)no1. The predicted octanol–water partition coefficient (Wildman–Crippen LogP) is 1.42. The molecule has 1 aromatic carbocycles. The zero-order chi connectivity index (χ0) is 15.9. The van der Waals surface area contributed by atoms with Crippen LogP contribution in [-0.2, 0) is 9.84 Å². The smallest absolute Gasteiger partial charge is 0.276 e. The Hall–Kier alpha value is -2.22. The Labute approximate surface area is 126 Å². The van der Waals surface area contributed by atoms with Crippen LogP contribution in [0.3, 0.4) is 0 Å². The van der Waals surface area contributed by atoms with Crippen molar-refractivity contribution < 1.29 is 22.1 Å². The number of aryl methyl sites for hydroxylation is 1. The van der Waals surface area contributed by atoms with Crippen molar-refractivity contribution in [3.63, 3.8) is 0 Å². The van der Waals surface area contributed by atoms with Crippen LogP contribution in [-0.4, -0.2) is 42.7 Å². The quantitative estimate of drug-likeness (QED) is 0.798. The van der Waals surface area contributed by atoms with Crippen LogP contribution in [0.1, 0.15) is 16.2 Å². The summed E-state index contributed by atoms with van der Waals surface area (Å²) in [5.74, 6) is -0.340. The standard InChI is InChI=1S/C14H13FN2O4S/c1-9-6-13(16-21-9)14(18)17-7-12(8-17)22(19,20)11-4-2-10(15)3-5-11/h2-6,12H,7-8H2,1H3. The van der Waals surface area contributed by atoms with E-state index in [1.807, 2.05) is 0 Å². The maximum absolute atomic E-state index is 12.9. The van der Waals surface area contributed by atoms with Crippen LogP contribution in [0.2, 0.25) is 0 Å². The molecule has 1 saturated heterocycles. The summed E-state index contributed by atoms with van der Waals surface area (Å²) in [6, 6.07) is 6.18. The number of carbonyl (C=O) groups excluding carboxylic acids is 1. The van der Waals surface area contributed by atoms with Gasteiger partial charge in [-0.05, 0) is 31.2 Å². The van der Waals surface area contributed by atoms with Crippen molar-refractivity contribution in [1.82, 2.24) is 10.1 Å². The lowest BCUT2D eigenvalue weighted by Crippen LogP contribution is -2.56. The van der Waals surface area contributed by atoms with Gasteiger partial charge in [-0.3, -0.25) is 4.79 Å². The molecule has 0 atom stereocenters. The average molecular weight is 324 g/mol. The van der Waals surface area contributed by atoms with E-state index in [2.05, 4.69) is 5.16 Å². The van der Waals surface area contributed by atoms with E-state index < -0.39 is 20.9 Å². The number of sulfone groups is 1. The van der Waals surface area contributed by atoms with Gasteiger partial charge in [-0.15, -0.1) is 0 Å². The first-order valence-corrected chi connectivity index (χ1v) is 8.14. The fourth-order valence-corrected chi connectivity index (χ4v) is 3.90. The third-order valence-electron chi connectivity index (χ3n) is 3.56. The molecule has 1 aromatic heterocycles. The molecule has 2 heterocycles. The minimum atomic E-state index is -3.57. The van der Waals surface area contributed by atoms with Gasteiger partial charge in [0.05, 0.1) is 4.90 Å². The summed E-state index contributed by atoms with van der Waals surface area (Å²) < 4.78 is 42.4. The Morgan fingerprint density at radius 1 is 1.32 bits per heavy atom. The highest BCUT2D eigenvalue weighted by molar-refractivity contribution is 7.92. The zero-order valence-electron chi connectivity index (χ0n) is 11.7. The summed E-state index contributed by atoms with van der Waals surface area (Å²) in [6.07, 6.45) is 0. The van der Waals surface area contributed by atoms with Gasteiger partial charge < -0.3 is 9.42 Å². The van der Waals surface area contributed by atoms with Gasteiger partial charge in [0, 0.05) is 19.2 Å². The maximum Gasteiger partial charge on any atom is 0.276 e. The second kappa shape index (κ2) is 5.20. The molecule has 2 aromatic rings. The van der Waals surface area contributed by atoms with Gasteiger partial charge >= 0.3 is 0 Å². The number of rotatable bonds is 3. The van der Waals surface area contributed by atoms with Crippen LogP contribution in [0, 0.1) is 12.7 Å². The highest BCUT2D eigenvalue weighted by atomic mass is 32.2. The van der Waals surface area contributed by atoms with Crippen molar-refractivity contribution in [3.8, 4) is 0 Å². The number of carbonyl (C=O) groups is 1. The molecule has 1 fully saturated rings. The second-order valence-corrected chi connectivity index (χ2v) is 7.38. The summed E-state index contributed by atoms with van der Waals surface area (Å²) in [5.41, 5.74) is 0.162. The van der Waals surface area contributed by atoms with E-state index in [0.29, 0.717) is 5.76 Å². The lowest BCUT2D eigenvalue weighted by atomic mass is 10.2. The van der Waals surface area contributed by atoms with Crippen molar-refractivity contribution in [3.05, 3.63) is 47.6 Å². The molecule has 6 nitrogen and oxygen atoms in total. The van der Waals surface area contributed by atoms with Crippen LogP contribution >= 0.6 is 0 Å². The van der Waals surface area contributed by atoms with Crippen LogP contribution in [0.5, 0.6) is 0 Å². The summed E-state index contributed by atoms with van der Waals surface area (Å²) in [7, 11) is -3.57. The second-order valence-electron chi connectivity index (χ2n) is 5.15. The Balaban J connectivity index is 1.70. The molecule has 1 aliphatic heterocycles. The van der Waals surface area contributed by atoms with Gasteiger partial charge in [0.15, 0.2) is 15.5 Å². The molecule has 0 bridgehead atoms. The first-order chi connectivity index (χ1) is 10.4. The molecule has 0 radical (unpaired) electrons. The summed E-state index contributed by atoms with van der Waals surface area (Å²) in [5, 5.41) is 2.93. The zero-order valence-corrected chi connectivity index (χ0v) is 12.5. The van der Waals surface area contributed by atoms with E-state index in [-0.39, 0.29) is 29.6 Å². The van der Waals surface area contributed by atoms with Gasteiger partial charge in [-0.2, -0.15) is 0 Å². The molecular formula is C14H13FN2O4S. The topological polar surface area (TPSA) is 80.5 Å². The number of hydrogen-bond donors (Lipinski definition) is 0. The summed E-state index contributed by atoms with van der Waals surface area (Å²) >= 11 is 0. The highest BCUT2D eigenvalue weighted by Crippen LogP contribution is 2.25. The molecule has 0 unspecified atom stereocenters. The third kappa shape index (κ3) is 2.50. The van der Waals surface area contributed by atoms with Gasteiger partial charge in [0.25, 0.3) is 5.91 Å². The van der Waals surface area contributed by atoms with E-state index in [9.17, 15) is 17.6 Å². The first-order valence-electron chi connectivity index (χ1n) is 6.60. The summed E-state index contributed by atoms with van der Waals surface area (Å²) in [4.78, 5) is 13.5. The van der Waals surface area contributed by atoms with E-state index in [0.717, 1.165) is 12.1 Å². The molecule has 0 aliphatic carbocycles. The van der Waals surface area contributed by atoms with Crippen molar-refractivity contribution in [2.24, 2.45) is 0 Å². The number of hydrogen-bond acceptors (Lipinski definition) is 5. The normalized spacial score (nSPS) is 15.6. The van der Waals surface area contributed by atoms with E-state index in [1.165, 1.54) is 23.1 Å². The number of benzene rings is 1. The van der Waals surface area contributed by atoms with Crippen LogP contribution in [0.25, 0.3) is 0 Å². The maximum atomic E-state index is 12.9. The molecule has 0 saturated carbocycles. The molecule has 116 valence electrons. The Morgan fingerprint density at radius 3 is 2.50 bits per heavy atom. The van der Waals surface area contributed by atoms with Crippen molar-refractivity contribution in [2.75, 3.05) is 13.1 Å². The fraction of sp³-hybridized carbons (Fsp3) is 0.286. The minimum absolute atomic E-state index is 0.0586. The number of halogens is 1. The molecule has 22 heavy (non-hydrogen) atoms. The van der Waals surface area contributed by atoms with Gasteiger partial charge in [-0.1, -0.05) is 5.16 Å². The molecule has 1 amide bonds.